The van der Waals surface area contributed by atoms with Gasteiger partial charge in [0.15, 0.2) is 5.78 Å². The number of rotatable bonds is 6. The number of carbonyl (C=O) groups is 1. The van der Waals surface area contributed by atoms with Crippen molar-refractivity contribution in [2.45, 2.75) is 38.2 Å². The molecular weight excluding hydrogens is 248 g/mol. The average Bonchev–Trinajstić information content (AvgIpc) is 2.37. The summed E-state index contributed by atoms with van der Waals surface area (Å²) in [6, 6.07) is 5.28. The van der Waals surface area contributed by atoms with Crippen molar-refractivity contribution in [2.75, 3.05) is 7.11 Å². The van der Waals surface area contributed by atoms with Gasteiger partial charge in [-0.2, -0.15) is 0 Å². The molecule has 0 aliphatic heterocycles. The number of carbonyl (C=O) groups excluding carboxylic acids is 1. The molecule has 1 rings (SSSR count). The van der Waals surface area contributed by atoms with Gasteiger partial charge < -0.3 is 4.74 Å². The molecule has 0 aromatic heterocycles. The lowest BCUT2D eigenvalue weighted by Gasteiger charge is -2.12. The number of methoxy groups -OCH3 is 1. The fourth-order valence-corrected chi connectivity index (χ4v) is 2.78. The molecule has 0 saturated heterocycles. The Balaban J connectivity index is 3.01. The minimum atomic E-state index is -0.940. The van der Waals surface area contributed by atoms with Crippen LogP contribution in [0.2, 0.25) is 0 Å². The predicted molar refractivity (Wildman–Crippen MR) is 74.6 cm³/mol. The molecule has 1 aromatic carbocycles. The van der Waals surface area contributed by atoms with Gasteiger partial charge in [0.1, 0.15) is 5.75 Å². The van der Waals surface area contributed by atoms with Crippen LogP contribution in [-0.2, 0) is 16.6 Å². The van der Waals surface area contributed by atoms with E-state index in [9.17, 15) is 9.00 Å². The van der Waals surface area contributed by atoms with Crippen molar-refractivity contribution in [1.29, 1.82) is 0 Å². The molecule has 2 atom stereocenters. The molecule has 0 fully saturated rings. The Morgan fingerprint density at radius 1 is 1.44 bits per heavy atom. The van der Waals surface area contributed by atoms with E-state index in [1.54, 1.807) is 25.3 Å². The summed E-state index contributed by atoms with van der Waals surface area (Å²) in [5, 5.41) is 0.149. The predicted octanol–water partition coefficient (Wildman–Crippen LogP) is 2.95. The van der Waals surface area contributed by atoms with Crippen molar-refractivity contribution in [3.63, 3.8) is 0 Å². The number of hydrogen-bond acceptors (Lipinski definition) is 3. The lowest BCUT2D eigenvalue weighted by atomic mass is 10.1. The number of Topliss-reactive ketones (excluding diaryl/α,β-unsaturated/α-hetero) is 1. The van der Waals surface area contributed by atoms with Gasteiger partial charge in [-0.3, -0.25) is 9.00 Å². The van der Waals surface area contributed by atoms with Crippen LogP contribution in [0.4, 0.5) is 0 Å². The number of ketones is 1. The zero-order valence-electron chi connectivity index (χ0n) is 11.4. The Morgan fingerprint density at radius 3 is 2.61 bits per heavy atom. The third kappa shape index (κ3) is 3.67. The first-order valence-corrected chi connectivity index (χ1v) is 7.42. The minimum absolute atomic E-state index is 0.00762. The third-order valence-electron chi connectivity index (χ3n) is 3.01. The van der Waals surface area contributed by atoms with Crippen LogP contribution in [0.3, 0.4) is 0 Å². The second kappa shape index (κ2) is 6.69. The lowest BCUT2D eigenvalue weighted by molar-refractivity contribution is 0.101. The van der Waals surface area contributed by atoms with Crippen LogP contribution in [0.5, 0.6) is 5.75 Å². The standard InChI is InChI=1S/C14H20O3S/c1-5-10(2)18(16)9-13-8-12(11(3)15)6-7-14(13)17-4/h6-8,10H,5,9H2,1-4H3. The third-order valence-corrected chi connectivity index (χ3v) is 4.83. The van der Waals surface area contributed by atoms with Gasteiger partial charge in [0.05, 0.1) is 12.9 Å². The summed E-state index contributed by atoms with van der Waals surface area (Å²) in [4.78, 5) is 11.4. The van der Waals surface area contributed by atoms with Gasteiger partial charge in [0.2, 0.25) is 0 Å². The molecular formula is C14H20O3S. The van der Waals surface area contributed by atoms with E-state index in [2.05, 4.69) is 0 Å². The summed E-state index contributed by atoms with van der Waals surface area (Å²) in [5.41, 5.74) is 1.47. The molecule has 0 radical (unpaired) electrons. The van der Waals surface area contributed by atoms with Crippen molar-refractivity contribution < 1.29 is 13.7 Å². The molecule has 0 aliphatic rings. The van der Waals surface area contributed by atoms with E-state index in [4.69, 9.17) is 4.74 Å². The van der Waals surface area contributed by atoms with Crippen LogP contribution < -0.4 is 4.74 Å². The Hall–Kier alpha value is -1.16. The van der Waals surface area contributed by atoms with Crippen LogP contribution in [0.25, 0.3) is 0 Å². The summed E-state index contributed by atoms with van der Waals surface area (Å²) in [7, 11) is 0.641. The Bertz CT molecular complexity index is 454. The first-order chi connectivity index (χ1) is 8.49. The molecule has 0 N–H and O–H groups in total. The van der Waals surface area contributed by atoms with E-state index in [-0.39, 0.29) is 11.0 Å². The molecule has 0 aliphatic carbocycles. The summed E-state index contributed by atoms with van der Waals surface area (Å²) in [6.07, 6.45) is 0.876. The molecule has 18 heavy (non-hydrogen) atoms. The normalized spacial score (nSPS) is 14.0. The molecule has 0 spiro atoms. The molecule has 4 heteroatoms. The van der Waals surface area contributed by atoms with E-state index in [1.165, 1.54) is 6.92 Å². The second-order valence-corrected chi connectivity index (χ2v) is 6.18. The molecule has 0 bridgehead atoms. The van der Waals surface area contributed by atoms with Crippen LogP contribution >= 0.6 is 0 Å². The van der Waals surface area contributed by atoms with E-state index < -0.39 is 10.8 Å². The smallest absolute Gasteiger partial charge is 0.159 e. The van der Waals surface area contributed by atoms with Gasteiger partial charge in [-0.05, 0) is 31.5 Å². The molecule has 0 saturated carbocycles. The number of ether oxygens (including phenoxy) is 1. The van der Waals surface area contributed by atoms with E-state index in [0.29, 0.717) is 17.1 Å². The van der Waals surface area contributed by atoms with Gasteiger partial charge in [-0.25, -0.2) is 0 Å². The fraction of sp³-hybridized carbons (Fsp3) is 0.500. The van der Waals surface area contributed by atoms with Gasteiger partial charge >= 0.3 is 0 Å². The largest absolute Gasteiger partial charge is 0.496 e. The molecule has 0 amide bonds. The summed E-state index contributed by atoms with van der Waals surface area (Å²) in [5.74, 6) is 1.13. The second-order valence-electron chi connectivity index (χ2n) is 4.33. The summed E-state index contributed by atoms with van der Waals surface area (Å²) < 4.78 is 17.3. The highest BCUT2D eigenvalue weighted by Gasteiger charge is 2.14. The highest BCUT2D eigenvalue weighted by Crippen LogP contribution is 2.23. The van der Waals surface area contributed by atoms with E-state index >= 15 is 0 Å². The van der Waals surface area contributed by atoms with Crippen LogP contribution in [0, 0.1) is 0 Å². The van der Waals surface area contributed by atoms with Crippen LogP contribution in [0.1, 0.15) is 43.1 Å². The maximum Gasteiger partial charge on any atom is 0.159 e. The quantitative estimate of drug-likeness (QED) is 0.745. The number of hydrogen-bond donors (Lipinski definition) is 0. The Morgan fingerprint density at radius 2 is 2.11 bits per heavy atom. The first kappa shape index (κ1) is 14.9. The van der Waals surface area contributed by atoms with Crippen molar-refractivity contribution in [3.05, 3.63) is 29.3 Å². The summed E-state index contributed by atoms with van der Waals surface area (Å²) >= 11 is 0. The SMILES string of the molecule is CCC(C)S(=O)Cc1cc(C(C)=O)ccc1OC. The maximum absolute atomic E-state index is 12.1. The van der Waals surface area contributed by atoms with E-state index in [0.717, 1.165) is 12.0 Å². The zero-order valence-corrected chi connectivity index (χ0v) is 12.2. The molecule has 2 unspecified atom stereocenters. The lowest BCUT2D eigenvalue weighted by Crippen LogP contribution is -2.12. The van der Waals surface area contributed by atoms with E-state index in [1.807, 2.05) is 13.8 Å². The van der Waals surface area contributed by atoms with Crippen LogP contribution in [0.15, 0.2) is 18.2 Å². The topological polar surface area (TPSA) is 43.4 Å². The molecule has 3 nitrogen and oxygen atoms in total. The van der Waals surface area contributed by atoms with Gasteiger partial charge in [-0.1, -0.05) is 13.8 Å². The summed E-state index contributed by atoms with van der Waals surface area (Å²) in [6.45, 7) is 5.51. The van der Waals surface area contributed by atoms with Crippen LogP contribution in [-0.4, -0.2) is 22.4 Å². The average molecular weight is 268 g/mol. The zero-order chi connectivity index (χ0) is 13.7. The van der Waals surface area contributed by atoms with Crippen molar-refractivity contribution in [3.8, 4) is 5.75 Å². The molecule has 100 valence electrons. The van der Waals surface area contributed by atoms with Gasteiger partial charge in [0.25, 0.3) is 0 Å². The van der Waals surface area contributed by atoms with Gasteiger partial charge in [0, 0.05) is 27.2 Å². The maximum atomic E-state index is 12.1. The van der Waals surface area contributed by atoms with Crippen molar-refractivity contribution in [1.82, 2.24) is 0 Å². The van der Waals surface area contributed by atoms with Crippen molar-refractivity contribution >= 4 is 16.6 Å². The monoisotopic (exact) mass is 268 g/mol. The highest BCUT2D eigenvalue weighted by molar-refractivity contribution is 7.84. The van der Waals surface area contributed by atoms with Gasteiger partial charge in [-0.15, -0.1) is 0 Å². The molecule has 0 heterocycles. The highest BCUT2D eigenvalue weighted by atomic mass is 32.2. The first-order valence-electron chi connectivity index (χ1n) is 6.04. The minimum Gasteiger partial charge on any atom is -0.496 e. The Labute approximate surface area is 111 Å². The number of benzene rings is 1. The fourth-order valence-electron chi connectivity index (χ4n) is 1.59. The van der Waals surface area contributed by atoms with Crippen molar-refractivity contribution in [2.24, 2.45) is 0 Å². The Kier molecular flexibility index (Phi) is 5.54. The molecule has 1 aromatic rings.